The van der Waals surface area contributed by atoms with Gasteiger partial charge in [0.25, 0.3) is 5.91 Å². The van der Waals surface area contributed by atoms with E-state index in [9.17, 15) is 9.59 Å². The highest BCUT2D eigenvalue weighted by Gasteiger charge is 2.25. The summed E-state index contributed by atoms with van der Waals surface area (Å²) in [5.41, 5.74) is 4.48. The van der Waals surface area contributed by atoms with Gasteiger partial charge in [0.15, 0.2) is 5.78 Å². The first-order valence-electron chi connectivity index (χ1n) is 11.7. The highest BCUT2D eigenvalue weighted by Crippen LogP contribution is 2.26. The number of hydrogen-bond donors (Lipinski definition) is 3. The van der Waals surface area contributed by atoms with Gasteiger partial charge in [-0.3, -0.25) is 9.59 Å². The molecule has 35 heavy (non-hydrogen) atoms. The summed E-state index contributed by atoms with van der Waals surface area (Å²) < 4.78 is 0. The predicted octanol–water partition coefficient (Wildman–Crippen LogP) is 5.11. The van der Waals surface area contributed by atoms with Crippen molar-refractivity contribution in [2.75, 3.05) is 13.1 Å². The van der Waals surface area contributed by atoms with Crippen molar-refractivity contribution in [1.29, 1.82) is 5.26 Å². The van der Waals surface area contributed by atoms with Gasteiger partial charge in [-0.1, -0.05) is 55.5 Å². The Kier molecular flexibility index (Phi) is 7.39. The molecule has 0 radical (unpaired) electrons. The molecular formula is C29H28N4O2. The molecular weight excluding hydrogens is 436 g/mol. The summed E-state index contributed by atoms with van der Waals surface area (Å²) in [4.78, 5) is 29.1. The van der Waals surface area contributed by atoms with E-state index in [1.807, 2.05) is 67.6 Å². The number of Topliss-reactive ketones (excluding diaryl/α,β-unsaturated/α-hetero) is 1. The number of nitriles is 1. The summed E-state index contributed by atoms with van der Waals surface area (Å²) in [6, 6.07) is 24.2. The Hall–Kier alpha value is -4.21. The van der Waals surface area contributed by atoms with Crippen LogP contribution >= 0.6 is 0 Å². The maximum absolute atomic E-state index is 13.8. The lowest BCUT2D eigenvalue weighted by molar-refractivity contribution is 0.0940. The van der Waals surface area contributed by atoms with Gasteiger partial charge in [-0.25, -0.2) is 0 Å². The van der Waals surface area contributed by atoms with Crippen molar-refractivity contribution in [3.8, 4) is 6.07 Å². The molecule has 0 saturated heterocycles. The third-order valence-electron chi connectivity index (χ3n) is 6.18. The van der Waals surface area contributed by atoms with Gasteiger partial charge in [-0.05, 0) is 48.2 Å². The molecule has 0 bridgehead atoms. The van der Waals surface area contributed by atoms with E-state index in [1.54, 1.807) is 18.3 Å². The fourth-order valence-corrected chi connectivity index (χ4v) is 4.20. The van der Waals surface area contributed by atoms with Crippen molar-refractivity contribution in [3.05, 3.63) is 107 Å². The first-order chi connectivity index (χ1) is 17.0. The zero-order chi connectivity index (χ0) is 24.8. The zero-order valence-corrected chi connectivity index (χ0v) is 19.8. The molecule has 4 aromatic rings. The zero-order valence-electron chi connectivity index (χ0n) is 19.8. The number of hydrogen-bond acceptors (Lipinski definition) is 4. The van der Waals surface area contributed by atoms with Crippen LogP contribution in [0.2, 0.25) is 0 Å². The van der Waals surface area contributed by atoms with E-state index in [4.69, 9.17) is 5.26 Å². The van der Waals surface area contributed by atoms with Gasteiger partial charge < -0.3 is 15.6 Å². The van der Waals surface area contributed by atoms with Gasteiger partial charge in [0.2, 0.25) is 0 Å². The van der Waals surface area contributed by atoms with E-state index in [1.165, 1.54) is 0 Å². The first kappa shape index (κ1) is 23.9. The molecule has 3 N–H and O–H groups in total. The lowest BCUT2D eigenvalue weighted by Crippen LogP contribution is -2.31. The number of H-pyrrole nitrogens is 1. The molecule has 1 heterocycles. The number of benzene rings is 3. The number of carbonyl (C=O) groups excluding carboxylic acids is 2. The van der Waals surface area contributed by atoms with E-state index >= 15 is 0 Å². The Balaban J connectivity index is 1.59. The van der Waals surface area contributed by atoms with Crippen LogP contribution in [0.15, 0.2) is 79.0 Å². The summed E-state index contributed by atoms with van der Waals surface area (Å²) in [5.74, 6) is -0.0397. The number of rotatable bonds is 9. The molecule has 0 aliphatic carbocycles. The summed E-state index contributed by atoms with van der Waals surface area (Å²) >= 11 is 0. The van der Waals surface area contributed by atoms with Gasteiger partial charge in [0.05, 0.1) is 17.7 Å². The first-order valence-corrected chi connectivity index (χ1v) is 11.7. The normalized spacial score (nSPS) is 12.6. The number of ketones is 1. The second-order valence-corrected chi connectivity index (χ2v) is 8.57. The van der Waals surface area contributed by atoms with E-state index in [2.05, 4.69) is 28.6 Å². The highest BCUT2D eigenvalue weighted by molar-refractivity contribution is 6.11. The van der Waals surface area contributed by atoms with Crippen molar-refractivity contribution in [2.24, 2.45) is 0 Å². The molecule has 6 nitrogen and oxygen atoms in total. The molecule has 0 aliphatic heterocycles. The minimum Gasteiger partial charge on any atom is -0.360 e. The summed E-state index contributed by atoms with van der Waals surface area (Å²) in [7, 11) is 0. The van der Waals surface area contributed by atoms with Crippen molar-refractivity contribution < 1.29 is 9.59 Å². The Morgan fingerprint density at radius 1 is 1.00 bits per heavy atom. The number of carbonyl (C=O) groups is 2. The molecule has 0 fully saturated rings. The molecule has 6 heteroatoms. The molecule has 0 saturated carbocycles. The van der Waals surface area contributed by atoms with Crippen LogP contribution < -0.4 is 10.6 Å². The van der Waals surface area contributed by atoms with Gasteiger partial charge in [0.1, 0.15) is 0 Å². The van der Waals surface area contributed by atoms with E-state index in [0.29, 0.717) is 29.8 Å². The molecule has 0 spiro atoms. The Labute approximate surface area is 205 Å². The Bertz CT molecular complexity index is 1370. The van der Waals surface area contributed by atoms with Crippen molar-refractivity contribution in [2.45, 2.75) is 25.8 Å². The molecule has 0 unspecified atom stereocenters. The fraction of sp³-hybridized carbons (Fsp3) is 0.207. The number of nitrogens with one attached hydrogen (secondary N) is 3. The Morgan fingerprint density at radius 3 is 2.43 bits per heavy atom. The maximum Gasteiger partial charge on any atom is 0.251 e. The van der Waals surface area contributed by atoms with E-state index < -0.39 is 6.04 Å². The quantitative estimate of drug-likeness (QED) is 0.300. The van der Waals surface area contributed by atoms with Gasteiger partial charge in [-0.15, -0.1) is 0 Å². The standard InChI is InChI=1S/C29H28N4O2/c1-3-31-29(35)23-13-14-24-25(18-32-26(24)15-23)28(34)27(22-7-5-4-6-8-22)33-17-19(2)21-11-9-20(16-30)10-12-21/h4-15,18-19,27,32-33H,3,17H2,1-2H3,(H,31,35)/t19-,27+/m1/s1. The fourth-order valence-electron chi connectivity index (χ4n) is 4.20. The van der Waals surface area contributed by atoms with Gasteiger partial charge in [0, 0.05) is 41.3 Å². The van der Waals surface area contributed by atoms with Gasteiger partial charge >= 0.3 is 0 Å². The number of nitrogens with zero attached hydrogens (tertiary/aromatic N) is 1. The number of amides is 1. The van der Waals surface area contributed by atoms with Crippen molar-refractivity contribution >= 4 is 22.6 Å². The monoisotopic (exact) mass is 464 g/mol. The number of aromatic nitrogens is 1. The van der Waals surface area contributed by atoms with Crippen LogP contribution in [-0.4, -0.2) is 29.8 Å². The molecule has 3 aromatic carbocycles. The van der Waals surface area contributed by atoms with Crippen LogP contribution in [0.5, 0.6) is 0 Å². The highest BCUT2D eigenvalue weighted by atomic mass is 16.1. The van der Waals surface area contributed by atoms with Crippen LogP contribution in [0.4, 0.5) is 0 Å². The van der Waals surface area contributed by atoms with Crippen LogP contribution in [0.1, 0.15) is 63.2 Å². The maximum atomic E-state index is 13.8. The predicted molar refractivity (Wildman–Crippen MR) is 137 cm³/mol. The van der Waals surface area contributed by atoms with Crippen LogP contribution in [0, 0.1) is 11.3 Å². The Morgan fingerprint density at radius 2 is 1.74 bits per heavy atom. The average molecular weight is 465 g/mol. The number of aromatic amines is 1. The van der Waals surface area contributed by atoms with Crippen molar-refractivity contribution in [1.82, 2.24) is 15.6 Å². The second kappa shape index (κ2) is 10.8. The summed E-state index contributed by atoms with van der Waals surface area (Å²) in [6.45, 7) is 5.10. The van der Waals surface area contributed by atoms with Crippen LogP contribution in [0.3, 0.4) is 0 Å². The molecule has 0 aliphatic rings. The minimum absolute atomic E-state index is 0.0414. The second-order valence-electron chi connectivity index (χ2n) is 8.57. The van der Waals surface area contributed by atoms with Crippen LogP contribution in [-0.2, 0) is 0 Å². The van der Waals surface area contributed by atoms with Gasteiger partial charge in [-0.2, -0.15) is 5.26 Å². The topological polar surface area (TPSA) is 97.8 Å². The van der Waals surface area contributed by atoms with Crippen LogP contribution in [0.25, 0.3) is 10.9 Å². The molecule has 4 rings (SSSR count). The van der Waals surface area contributed by atoms with Crippen molar-refractivity contribution in [3.63, 3.8) is 0 Å². The molecule has 176 valence electrons. The third kappa shape index (κ3) is 5.32. The number of fused-ring (bicyclic) bond motifs is 1. The summed E-state index contributed by atoms with van der Waals surface area (Å²) in [5, 5.41) is 16.1. The molecule has 2 atom stereocenters. The average Bonchev–Trinajstić information content (AvgIpc) is 3.32. The third-order valence-corrected chi connectivity index (χ3v) is 6.18. The smallest absolute Gasteiger partial charge is 0.251 e. The largest absolute Gasteiger partial charge is 0.360 e. The van der Waals surface area contributed by atoms with E-state index in [0.717, 1.165) is 22.0 Å². The minimum atomic E-state index is -0.529. The summed E-state index contributed by atoms with van der Waals surface area (Å²) in [6.07, 6.45) is 1.72. The molecule has 1 aromatic heterocycles. The lowest BCUT2D eigenvalue weighted by Gasteiger charge is -2.21. The molecule has 1 amide bonds. The van der Waals surface area contributed by atoms with E-state index in [-0.39, 0.29) is 17.6 Å². The SMILES string of the molecule is CCNC(=O)c1ccc2c(C(=O)[C@@H](NC[C@@H](C)c3ccc(C#N)cc3)c3ccccc3)c[nH]c2c1. The lowest BCUT2D eigenvalue weighted by atomic mass is 9.95.